The van der Waals surface area contributed by atoms with Crippen molar-refractivity contribution < 1.29 is 8.83 Å². The molecule has 4 nitrogen and oxygen atoms in total. The van der Waals surface area contributed by atoms with E-state index in [4.69, 9.17) is 8.83 Å². The molecule has 82 heavy (non-hydrogen) atoms. The molecular weight excluding hydrogens is 1040 g/mol. The highest BCUT2D eigenvalue weighted by atomic mass is 32.1. The third-order valence-corrected chi connectivity index (χ3v) is 21.1. The topological polar surface area (TPSA) is 32.8 Å². The number of para-hydroxylation sites is 4. The summed E-state index contributed by atoms with van der Waals surface area (Å²) in [6.45, 7) is 9.70. The number of anilines is 6. The molecule has 0 saturated heterocycles. The SMILES string of the molecule is CC1(C)c2ccccc2C2(c3ccccc31)c1cc(N(c3ccccc3)c3ccc4c(c3)oc3ccccc34)sc1C1(c3ccccc3C(C)(C)c3ccccc31)c1cc(N(c3ccccc3)c3ccc4c(c3)oc3ccccc34)sc12. The highest BCUT2D eigenvalue weighted by Crippen LogP contribution is 2.71. The number of hydrogen-bond acceptors (Lipinski definition) is 6. The number of fused-ring (bicyclic) bond motifs is 20. The van der Waals surface area contributed by atoms with Crippen LogP contribution in [0.5, 0.6) is 0 Å². The van der Waals surface area contributed by atoms with Gasteiger partial charge in [0.15, 0.2) is 0 Å². The summed E-state index contributed by atoms with van der Waals surface area (Å²) in [5, 5.41) is 6.71. The van der Waals surface area contributed by atoms with Gasteiger partial charge in [0.2, 0.25) is 0 Å². The van der Waals surface area contributed by atoms with Gasteiger partial charge in [-0.1, -0.05) is 198 Å². The van der Waals surface area contributed by atoms with E-state index < -0.39 is 10.8 Å². The maximum absolute atomic E-state index is 6.70. The Bertz CT molecular complexity index is 4460. The number of thiophene rings is 2. The van der Waals surface area contributed by atoms with E-state index in [0.717, 1.165) is 76.6 Å². The summed E-state index contributed by atoms with van der Waals surface area (Å²) in [5.74, 6) is 0. The molecular formula is C76H54N2O2S2. The standard InChI is InChI=1S/C76H54N2O2S2/c1-73(2)55-29-13-17-33-59(55)75(60-34-18-14-30-56(60)73)63-45-69(77(47-23-7-5-8-24-47)49-39-41-53-51-27-11-21-37-65(51)79-67(53)43-49)82-72(63)76(61-35-19-15-31-57(61)74(3,4)58-32-16-20-36-62(58)76)64-46-70(81-71(64)75)78(48-25-9-6-10-26-48)50-40-42-54-52-28-12-22-38-66(52)80-68(54)44-50/h5-46H,1-4H3. The first kappa shape index (κ1) is 47.6. The highest BCUT2D eigenvalue weighted by Gasteiger charge is 2.62. The van der Waals surface area contributed by atoms with Crippen molar-refractivity contribution in [2.75, 3.05) is 9.80 Å². The predicted molar refractivity (Wildman–Crippen MR) is 341 cm³/mol. The Kier molecular flexibility index (Phi) is 9.96. The molecule has 0 N–H and O–H groups in total. The van der Waals surface area contributed by atoms with Gasteiger partial charge in [-0.2, -0.15) is 0 Å². The van der Waals surface area contributed by atoms with Crippen molar-refractivity contribution in [2.45, 2.75) is 49.4 Å². The first-order valence-electron chi connectivity index (χ1n) is 28.4. The van der Waals surface area contributed by atoms with Crippen molar-refractivity contribution in [3.05, 3.63) is 320 Å². The van der Waals surface area contributed by atoms with Crippen LogP contribution in [0.2, 0.25) is 0 Å². The van der Waals surface area contributed by atoms with Crippen molar-refractivity contribution >= 4 is 99.3 Å². The third kappa shape index (κ3) is 6.26. The van der Waals surface area contributed by atoms with Crippen LogP contribution in [0.1, 0.15) is 93.1 Å². The van der Waals surface area contributed by atoms with Gasteiger partial charge < -0.3 is 18.6 Å². The molecule has 10 aromatic carbocycles. The first-order chi connectivity index (χ1) is 40.2. The van der Waals surface area contributed by atoms with Crippen LogP contribution in [-0.4, -0.2) is 0 Å². The second kappa shape index (κ2) is 17.2. The van der Waals surface area contributed by atoms with E-state index >= 15 is 0 Å². The second-order valence-corrected chi connectivity index (χ2v) is 25.5. The van der Waals surface area contributed by atoms with Gasteiger partial charge >= 0.3 is 0 Å². The molecule has 0 fully saturated rings. The van der Waals surface area contributed by atoms with E-state index in [2.05, 4.69) is 292 Å². The summed E-state index contributed by atoms with van der Waals surface area (Å²) in [6.07, 6.45) is 0. The molecule has 392 valence electrons. The molecule has 2 spiro atoms. The van der Waals surface area contributed by atoms with Crippen LogP contribution < -0.4 is 9.80 Å². The molecule has 3 aliphatic rings. The van der Waals surface area contributed by atoms with E-state index in [0.29, 0.717) is 0 Å². The Hall–Kier alpha value is -9.20. The Labute approximate surface area is 484 Å². The van der Waals surface area contributed by atoms with Crippen LogP contribution >= 0.6 is 22.7 Å². The molecule has 3 aliphatic carbocycles. The van der Waals surface area contributed by atoms with Crippen LogP contribution in [0.4, 0.5) is 32.8 Å². The van der Waals surface area contributed by atoms with Gasteiger partial charge in [0.05, 0.1) is 22.2 Å². The monoisotopic (exact) mass is 1090 g/mol. The summed E-state index contributed by atoms with van der Waals surface area (Å²) < 4.78 is 13.4. The minimum Gasteiger partial charge on any atom is -0.456 e. The van der Waals surface area contributed by atoms with Gasteiger partial charge in [-0.05, 0) is 128 Å². The molecule has 0 saturated carbocycles. The van der Waals surface area contributed by atoms with Crippen LogP contribution in [0, 0.1) is 0 Å². The van der Waals surface area contributed by atoms with Crippen LogP contribution in [0.25, 0.3) is 43.9 Å². The van der Waals surface area contributed by atoms with Crippen molar-refractivity contribution in [3.8, 4) is 0 Å². The molecule has 17 rings (SSSR count). The van der Waals surface area contributed by atoms with Gasteiger partial charge in [-0.15, -0.1) is 22.7 Å². The van der Waals surface area contributed by atoms with E-state index in [1.807, 2.05) is 22.7 Å². The fraction of sp³-hybridized carbons (Fsp3) is 0.105. The van der Waals surface area contributed by atoms with Crippen LogP contribution in [0.3, 0.4) is 0 Å². The number of furan rings is 2. The fourth-order valence-electron chi connectivity index (χ4n) is 15.1. The lowest BCUT2D eigenvalue weighted by atomic mass is 9.48. The summed E-state index contributed by atoms with van der Waals surface area (Å²) in [4.78, 5) is 7.60. The van der Waals surface area contributed by atoms with Gasteiger partial charge in [0.25, 0.3) is 0 Å². The minimum absolute atomic E-state index is 0.308. The zero-order valence-corrected chi connectivity index (χ0v) is 47.4. The molecule has 0 radical (unpaired) electrons. The van der Waals surface area contributed by atoms with Crippen molar-refractivity contribution in [2.24, 2.45) is 0 Å². The molecule has 14 aromatic rings. The minimum atomic E-state index is -0.775. The highest BCUT2D eigenvalue weighted by molar-refractivity contribution is 7.18. The van der Waals surface area contributed by atoms with E-state index in [1.54, 1.807) is 0 Å². The van der Waals surface area contributed by atoms with Crippen molar-refractivity contribution in [1.82, 2.24) is 0 Å². The Morgan fingerprint density at radius 2 is 0.573 bits per heavy atom. The summed E-state index contributed by atoms with van der Waals surface area (Å²) in [5.41, 5.74) is 18.8. The summed E-state index contributed by atoms with van der Waals surface area (Å²) >= 11 is 3.89. The molecule has 0 bridgehead atoms. The summed E-state index contributed by atoms with van der Waals surface area (Å²) in [6, 6.07) is 94.9. The van der Waals surface area contributed by atoms with Crippen LogP contribution in [-0.2, 0) is 21.7 Å². The van der Waals surface area contributed by atoms with E-state index in [1.165, 1.54) is 65.4 Å². The van der Waals surface area contributed by atoms with Crippen molar-refractivity contribution in [3.63, 3.8) is 0 Å². The lowest BCUT2D eigenvalue weighted by Crippen LogP contribution is -2.50. The quantitative estimate of drug-likeness (QED) is 0.166. The molecule has 6 heteroatoms. The molecule has 4 aromatic heterocycles. The molecule has 4 heterocycles. The van der Waals surface area contributed by atoms with E-state index in [-0.39, 0.29) is 10.8 Å². The van der Waals surface area contributed by atoms with Gasteiger partial charge in [0, 0.05) is 65.6 Å². The van der Waals surface area contributed by atoms with Crippen molar-refractivity contribution in [1.29, 1.82) is 0 Å². The zero-order chi connectivity index (χ0) is 54.7. The molecule has 0 amide bonds. The molecule has 0 atom stereocenters. The van der Waals surface area contributed by atoms with Gasteiger partial charge in [-0.25, -0.2) is 0 Å². The lowest BCUT2D eigenvalue weighted by molar-refractivity contribution is 0.522. The Balaban J connectivity index is 1.04. The largest absolute Gasteiger partial charge is 0.456 e. The third-order valence-electron chi connectivity index (χ3n) is 18.7. The number of nitrogens with zero attached hydrogens (tertiary/aromatic N) is 2. The smallest absolute Gasteiger partial charge is 0.137 e. The summed E-state index contributed by atoms with van der Waals surface area (Å²) in [7, 11) is 0. The van der Waals surface area contributed by atoms with E-state index in [9.17, 15) is 0 Å². The maximum atomic E-state index is 6.70. The molecule has 0 aliphatic heterocycles. The molecule has 0 unspecified atom stereocenters. The first-order valence-corrected chi connectivity index (χ1v) is 30.0. The number of rotatable bonds is 6. The van der Waals surface area contributed by atoms with Gasteiger partial charge in [-0.3, -0.25) is 0 Å². The average molecular weight is 1090 g/mol. The lowest BCUT2D eigenvalue weighted by Gasteiger charge is -2.55. The normalized spacial score (nSPS) is 15.5. The van der Waals surface area contributed by atoms with Crippen LogP contribution in [0.15, 0.2) is 264 Å². The average Bonchev–Trinajstić information content (AvgIpc) is 1.41. The Morgan fingerprint density at radius 3 is 0.939 bits per heavy atom. The fourth-order valence-corrected chi connectivity index (χ4v) is 18.1. The van der Waals surface area contributed by atoms with Gasteiger partial charge in [0.1, 0.15) is 32.3 Å². The maximum Gasteiger partial charge on any atom is 0.137 e. The number of benzene rings is 10. The number of hydrogen-bond donors (Lipinski definition) is 0. The predicted octanol–water partition coefficient (Wildman–Crippen LogP) is 20.9. The Morgan fingerprint density at radius 1 is 0.268 bits per heavy atom. The zero-order valence-electron chi connectivity index (χ0n) is 45.8. The second-order valence-electron chi connectivity index (χ2n) is 23.5.